The second kappa shape index (κ2) is 10.2. The zero-order chi connectivity index (χ0) is 18.8. The summed E-state index contributed by atoms with van der Waals surface area (Å²) in [5.74, 6) is 0.687. The molecule has 2 aromatic rings. The van der Waals surface area contributed by atoms with Crippen LogP contribution >= 0.6 is 0 Å². The van der Waals surface area contributed by atoms with Gasteiger partial charge in [0, 0.05) is 32.2 Å². The first-order valence-electron chi connectivity index (χ1n) is 9.06. The standard InChI is InChI=1S/C21H28N4O/c1-4-17-10-6-7-11-19(17)15-25-21(22-3)24-14-16-9-8-12-18(13-16)20(26)23-5-2/h6-13H,4-5,14-15H2,1-3H3,(H,23,26)(H2,22,24,25). The molecule has 1 amide bonds. The molecule has 0 heterocycles. The molecule has 3 N–H and O–H groups in total. The molecule has 0 fully saturated rings. The largest absolute Gasteiger partial charge is 0.352 e. The molecular formula is C21H28N4O. The summed E-state index contributed by atoms with van der Waals surface area (Å²) < 4.78 is 0. The number of rotatable bonds is 7. The lowest BCUT2D eigenvalue weighted by Crippen LogP contribution is -2.36. The summed E-state index contributed by atoms with van der Waals surface area (Å²) in [7, 11) is 1.76. The Labute approximate surface area is 155 Å². The lowest BCUT2D eigenvalue weighted by molar-refractivity contribution is 0.0955. The van der Waals surface area contributed by atoms with Crippen molar-refractivity contribution in [2.24, 2.45) is 4.99 Å². The van der Waals surface area contributed by atoms with E-state index in [1.807, 2.05) is 31.2 Å². The molecular weight excluding hydrogens is 324 g/mol. The normalized spacial score (nSPS) is 11.1. The van der Waals surface area contributed by atoms with Gasteiger partial charge in [-0.05, 0) is 42.2 Å². The van der Waals surface area contributed by atoms with Crippen LogP contribution in [0.1, 0.15) is 40.9 Å². The average Bonchev–Trinajstić information content (AvgIpc) is 2.68. The van der Waals surface area contributed by atoms with E-state index in [-0.39, 0.29) is 5.91 Å². The van der Waals surface area contributed by atoms with Crippen LogP contribution in [0, 0.1) is 0 Å². The van der Waals surface area contributed by atoms with Crippen LogP contribution in [-0.2, 0) is 19.5 Å². The van der Waals surface area contributed by atoms with E-state index in [2.05, 4.69) is 52.1 Å². The predicted molar refractivity (Wildman–Crippen MR) is 107 cm³/mol. The van der Waals surface area contributed by atoms with Gasteiger partial charge in [-0.3, -0.25) is 9.79 Å². The Bertz CT molecular complexity index is 755. The SMILES string of the molecule is CCNC(=O)c1cccc(CNC(=NC)NCc2ccccc2CC)c1. The first-order valence-corrected chi connectivity index (χ1v) is 9.06. The van der Waals surface area contributed by atoms with Gasteiger partial charge < -0.3 is 16.0 Å². The molecule has 0 unspecified atom stereocenters. The molecule has 0 saturated heterocycles. The van der Waals surface area contributed by atoms with Gasteiger partial charge in [0.1, 0.15) is 0 Å². The minimum absolute atomic E-state index is 0.0481. The molecule has 0 atom stereocenters. The Kier molecular flexibility index (Phi) is 7.68. The lowest BCUT2D eigenvalue weighted by atomic mass is 10.1. The first kappa shape index (κ1) is 19.5. The number of aryl methyl sites for hydroxylation is 1. The van der Waals surface area contributed by atoms with Crippen LogP contribution in [0.2, 0.25) is 0 Å². The van der Waals surface area contributed by atoms with Gasteiger partial charge in [0.2, 0.25) is 0 Å². The van der Waals surface area contributed by atoms with Crippen molar-refractivity contribution >= 4 is 11.9 Å². The van der Waals surface area contributed by atoms with Crippen LogP contribution < -0.4 is 16.0 Å². The van der Waals surface area contributed by atoms with Crippen molar-refractivity contribution in [3.05, 3.63) is 70.8 Å². The highest BCUT2D eigenvalue weighted by atomic mass is 16.1. The molecule has 5 heteroatoms. The second-order valence-electron chi connectivity index (χ2n) is 5.96. The number of hydrogen-bond acceptors (Lipinski definition) is 2. The highest BCUT2D eigenvalue weighted by molar-refractivity contribution is 5.94. The summed E-state index contributed by atoms with van der Waals surface area (Å²) in [5, 5.41) is 9.47. The fourth-order valence-electron chi connectivity index (χ4n) is 2.75. The van der Waals surface area contributed by atoms with Crippen molar-refractivity contribution in [3.63, 3.8) is 0 Å². The topological polar surface area (TPSA) is 65.5 Å². The number of aliphatic imine (C=N–C) groups is 1. The van der Waals surface area contributed by atoms with E-state index in [1.54, 1.807) is 7.05 Å². The van der Waals surface area contributed by atoms with Crippen LogP contribution in [0.25, 0.3) is 0 Å². The number of carbonyl (C=O) groups excluding carboxylic acids is 1. The van der Waals surface area contributed by atoms with Gasteiger partial charge >= 0.3 is 0 Å². The van der Waals surface area contributed by atoms with Crippen LogP contribution in [0.5, 0.6) is 0 Å². The van der Waals surface area contributed by atoms with E-state index in [1.165, 1.54) is 11.1 Å². The molecule has 0 aliphatic heterocycles. The van der Waals surface area contributed by atoms with E-state index < -0.39 is 0 Å². The van der Waals surface area contributed by atoms with E-state index in [9.17, 15) is 4.79 Å². The third-order valence-corrected chi connectivity index (χ3v) is 4.16. The maximum absolute atomic E-state index is 11.9. The highest BCUT2D eigenvalue weighted by Crippen LogP contribution is 2.09. The molecule has 0 saturated carbocycles. The zero-order valence-corrected chi connectivity index (χ0v) is 15.8. The number of nitrogens with one attached hydrogen (secondary N) is 3. The van der Waals surface area contributed by atoms with E-state index in [0.29, 0.717) is 18.7 Å². The Balaban J connectivity index is 1.93. The molecule has 2 rings (SSSR count). The van der Waals surface area contributed by atoms with E-state index >= 15 is 0 Å². The number of carbonyl (C=O) groups is 1. The van der Waals surface area contributed by atoms with Crippen LogP contribution in [0.4, 0.5) is 0 Å². The van der Waals surface area contributed by atoms with Gasteiger partial charge in [-0.2, -0.15) is 0 Å². The Morgan fingerprint density at radius 1 is 0.923 bits per heavy atom. The van der Waals surface area contributed by atoms with Crippen LogP contribution in [0.15, 0.2) is 53.5 Å². The number of nitrogens with zero attached hydrogens (tertiary/aromatic N) is 1. The van der Waals surface area contributed by atoms with Crippen molar-refractivity contribution in [1.82, 2.24) is 16.0 Å². The smallest absolute Gasteiger partial charge is 0.251 e. The number of benzene rings is 2. The zero-order valence-electron chi connectivity index (χ0n) is 15.8. The van der Waals surface area contributed by atoms with E-state index in [4.69, 9.17) is 0 Å². The molecule has 26 heavy (non-hydrogen) atoms. The summed E-state index contributed by atoms with van der Waals surface area (Å²) in [6.45, 7) is 6.02. The van der Waals surface area contributed by atoms with Crippen LogP contribution in [0.3, 0.4) is 0 Å². The molecule has 2 aromatic carbocycles. The third-order valence-electron chi connectivity index (χ3n) is 4.16. The number of guanidine groups is 1. The minimum atomic E-state index is -0.0481. The molecule has 0 bridgehead atoms. The molecule has 0 radical (unpaired) electrons. The Hall–Kier alpha value is -2.82. The summed E-state index contributed by atoms with van der Waals surface area (Å²) >= 11 is 0. The summed E-state index contributed by atoms with van der Waals surface area (Å²) in [6.07, 6.45) is 1.01. The predicted octanol–water partition coefficient (Wildman–Crippen LogP) is 2.86. The number of hydrogen-bond donors (Lipinski definition) is 3. The quantitative estimate of drug-likeness (QED) is 0.530. The third kappa shape index (κ3) is 5.62. The molecule has 0 aliphatic rings. The van der Waals surface area contributed by atoms with Gasteiger partial charge in [0.15, 0.2) is 5.96 Å². The van der Waals surface area contributed by atoms with Crippen molar-refractivity contribution in [2.75, 3.05) is 13.6 Å². The van der Waals surface area contributed by atoms with Crippen molar-refractivity contribution < 1.29 is 4.79 Å². The maximum atomic E-state index is 11.9. The van der Waals surface area contributed by atoms with Gasteiger partial charge in [-0.25, -0.2) is 0 Å². The monoisotopic (exact) mass is 352 g/mol. The van der Waals surface area contributed by atoms with E-state index in [0.717, 1.165) is 24.5 Å². The summed E-state index contributed by atoms with van der Waals surface area (Å²) in [5.41, 5.74) is 4.32. The summed E-state index contributed by atoms with van der Waals surface area (Å²) in [4.78, 5) is 16.2. The van der Waals surface area contributed by atoms with Crippen molar-refractivity contribution in [2.45, 2.75) is 33.4 Å². The minimum Gasteiger partial charge on any atom is -0.352 e. The van der Waals surface area contributed by atoms with Crippen molar-refractivity contribution in [1.29, 1.82) is 0 Å². The van der Waals surface area contributed by atoms with Crippen molar-refractivity contribution in [3.8, 4) is 0 Å². The highest BCUT2D eigenvalue weighted by Gasteiger charge is 2.06. The second-order valence-corrected chi connectivity index (χ2v) is 5.96. The van der Waals surface area contributed by atoms with Gasteiger partial charge in [0.05, 0.1) is 0 Å². The Morgan fingerprint density at radius 2 is 1.65 bits per heavy atom. The average molecular weight is 352 g/mol. The number of amides is 1. The van der Waals surface area contributed by atoms with Gasteiger partial charge in [-0.1, -0.05) is 43.3 Å². The molecule has 5 nitrogen and oxygen atoms in total. The molecule has 138 valence electrons. The van der Waals surface area contributed by atoms with Gasteiger partial charge in [0.25, 0.3) is 5.91 Å². The van der Waals surface area contributed by atoms with Gasteiger partial charge in [-0.15, -0.1) is 0 Å². The molecule has 0 spiro atoms. The fraction of sp³-hybridized carbons (Fsp3) is 0.333. The Morgan fingerprint density at radius 3 is 2.35 bits per heavy atom. The lowest BCUT2D eigenvalue weighted by Gasteiger charge is -2.14. The molecule has 0 aromatic heterocycles. The summed E-state index contributed by atoms with van der Waals surface area (Å²) in [6, 6.07) is 16.0. The van der Waals surface area contributed by atoms with Crippen LogP contribution in [-0.4, -0.2) is 25.5 Å². The maximum Gasteiger partial charge on any atom is 0.251 e. The fourth-order valence-corrected chi connectivity index (χ4v) is 2.75. The first-order chi connectivity index (χ1) is 12.7. The molecule has 0 aliphatic carbocycles.